The fourth-order valence-corrected chi connectivity index (χ4v) is 2.83. The van der Waals surface area contributed by atoms with Crippen molar-refractivity contribution in [2.75, 3.05) is 0 Å². The van der Waals surface area contributed by atoms with Gasteiger partial charge in [0.1, 0.15) is 0 Å². The SMILES string of the molecule is CC(C)C1CC(C)C(O)(C(C)C)C(C)O1. The second-order valence-electron chi connectivity index (χ2n) is 5.74. The van der Waals surface area contributed by atoms with Gasteiger partial charge in [-0.2, -0.15) is 0 Å². The van der Waals surface area contributed by atoms with E-state index in [0.29, 0.717) is 17.9 Å². The highest BCUT2D eigenvalue weighted by molar-refractivity contribution is 4.97. The molecule has 4 unspecified atom stereocenters. The van der Waals surface area contributed by atoms with E-state index in [1.165, 1.54) is 0 Å². The van der Waals surface area contributed by atoms with Crippen molar-refractivity contribution in [3.8, 4) is 0 Å². The predicted octanol–water partition coefficient (Wildman–Crippen LogP) is 2.84. The van der Waals surface area contributed by atoms with Crippen LogP contribution in [0.1, 0.15) is 48.0 Å². The van der Waals surface area contributed by atoms with E-state index >= 15 is 0 Å². The van der Waals surface area contributed by atoms with E-state index in [1.807, 2.05) is 6.92 Å². The van der Waals surface area contributed by atoms with Gasteiger partial charge < -0.3 is 9.84 Å². The number of aliphatic hydroxyl groups is 1. The zero-order valence-electron chi connectivity index (χ0n) is 10.9. The van der Waals surface area contributed by atoms with Gasteiger partial charge in [-0.25, -0.2) is 0 Å². The van der Waals surface area contributed by atoms with Crippen LogP contribution in [0.5, 0.6) is 0 Å². The predicted molar refractivity (Wildman–Crippen MR) is 62.7 cm³/mol. The van der Waals surface area contributed by atoms with Crippen LogP contribution in [0.15, 0.2) is 0 Å². The molecule has 1 rings (SSSR count). The minimum atomic E-state index is -0.661. The van der Waals surface area contributed by atoms with E-state index in [2.05, 4.69) is 34.6 Å². The Bertz CT molecular complexity index is 199. The largest absolute Gasteiger partial charge is 0.387 e. The third-order valence-electron chi connectivity index (χ3n) is 4.07. The van der Waals surface area contributed by atoms with Crippen molar-refractivity contribution >= 4 is 0 Å². The monoisotopic (exact) mass is 214 g/mol. The Labute approximate surface area is 94.0 Å². The highest BCUT2D eigenvalue weighted by Crippen LogP contribution is 2.40. The van der Waals surface area contributed by atoms with E-state index < -0.39 is 5.60 Å². The maximum absolute atomic E-state index is 10.7. The average Bonchev–Trinajstić information content (AvgIpc) is 2.12. The molecule has 2 nitrogen and oxygen atoms in total. The highest BCUT2D eigenvalue weighted by Gasteiger charge is 2.48. The van der Waals surface area contributed by atoms with Crippen LogP contribution < -0.4 is 0 Å². The maximum atomic E-state index is 10.7. The van der Waals surface area contributed by atoms with Crippen LogP contribution in [0.2, 0.25) is 0 Å². The van der Waals surface area contributed by atoms with Crippen molar-refractivity contribution in [3.63, 3.8) is 0 Å². The summed E-state index contributed by atoms with van der Waals surface area (Å²) >= 11 is 0. The Morgan fingerprint density at radius 1 is 1.20 bits per heavy atom. The van der Waals surface area contributed by atoms with Gasteiger partial charge in [-0.15, -0.1) is 0 Å². The van der Waals surface area contributed by atoms with Crippen molar-refractivity contribution in [1.29, 1.82) is 0 Å². The Kier molecular flexibility index (Phi) is 3.83. The molecule has 2 heteroatoms. The lowest BCUT2D eigenvalue weighted by atomic mass is 9.71. The Morgan fingerprint density at radius 2 is 1.73 bits per heavy atom. The fraction of sp³-hybridized carbons (Fsp3) is 1.00. The number of hydrogen-bond acceptors (Lipinski definition) is 2. The van der Waals surface area contributed by atoms with Crippen LogP contribution in [0, 0.1) is 17.8 Å². The van der Waals surface area contributed by atoms with Crippen molar-refractivity contribution in [1.82, 2.24) is 0 Å². The third-order valence-corrected chi connectivity index (χ3v) is 4.07. The third kappa shape index (κ3) is 2.21. The summed E-state index contributed by atoms with van der Waals surface area (Å²) in [5.74, 6) is 1.09. The molecule has 1 saturated heterocycles. The molecule has 0 aromatic rings. The van der Waals surface area contributed by atoms with E-state index in [-0.39, 0.29) is 12.0 Å². The molecule has 1 fully saturated rings. The van der Waals surface area contributed by atoms with Crippen LogP contribution in [-0.2, 0) is 4.74 Å². The van der Waals surface area contributed by atoms with Gasteiger partial charge in [0.15, 0.2) is 0 Å². The van der Waals surface area contributed by atoms with Crippen LogP contribution >= 0.6 is 0 Å². The maximum Gasteiger partial charge on any atom is 0.0954 e. The first-order valence-electron chi connectivity index (χ1n) is 6.17. The average molecular weight is 214 g/mol. The molecule has 1 heterocycles. The topological polar surface area (TPSA) is 29.5 Å². The molecule has 0 spiro atoms. The molecule has 0 radical (unpaired) electrons. The van der Waals surface area contributed by atoms with Crippen LogP contribution in [-0.4, -0.2) is 22.9 Å². The number of ether oxygens (including phenoxy) is 1. The van der Waals surface area contributed by atoms with E-state index in [4.69, 9.17) is 4.74 Å². The molecule has 4 atom stereocenters. The van der Waals surface area contributed by atoms with Gasteiger partial charge in [0, 0.05) is 0 Å². The molecule has 0 aromatic carbocycles. The lowest BCUT2D eigenvalue weighted by Crippen LogP contribution is -2.58. The molecule has 1 N–H and O–H groups in total. The second-order valence-corrected chi connectivity index (χ2v) is 5.74. The van der Waals surface area contributed by atoms with Crippen molar-refractivity contribution in [3.05, 3.63) is 0 Å². The van der Waals surface area contributed by atoms with Gasteiger partial charge in [-0.1, -0.05) is 34.6 Å². The summed E-state index contributed by atoms with van der Waals surface area (Å²) in [6, 6.07) is 0. The van der Waals surface area contributed by atoms with Gasteiger partial charge >= 0.3 is 0 Å². The molecule has 1 aliphatic rings. The zero-order valence-corrected chi connectivity index (χ0v) is 10.9. The normalized spacial score (nSPS) is 42.6. The van der Waals surface area contributed by atoms with Crippen molar-refractivity contribution in [2.24, 2.45) is 17.8 Å². The minimum Gasteiger partial charge on any atom is -0.387 e. The lowest BCUT2D eigenvalue weighted by Gasteiger charge is -2.49. The quantitative estimate of drug-likeness (QED) is 0.766. The highest BCUT2D eigenvalue weighted by atomic mass is 16.5. The van der Waals surface area contributed by atoms with Gasteiger partial charge in [-0.05, 0) is 31.1 Å². The van der Waals surface area contributed by atoms with Crippen molar-refractivity contribution in [2.45, 2.75) is 65.8 Å². The standard InChI is InChI=1S/C13H26O2/c1-8(2)12-7-10(5)13(14,9(3)4)11(6)15-12/h8-12,14H,7H2,1-6H3. The molecule has 0 bridgehead atoms. The second kappa shape index (κ2) is 4.42. The Hall–Kier alpha value is -0.0800. The summed E-state index contributed by atoms with van der Waals surface area (Å²) in [5, 5.41) is 10.7. The first-order chi connectivity index (χ1) is 6.80. The van der Waals surface area contributed by atoms with Crippen LogP contribution in [0.25, 0.3) is 0 Å². The molecule has 0 amide bonds. The molecule has 1 aliphatic heterocycles. The minimum absolute atomic E-state index is 0.0614. The van der Waals surface area contributed by atoms with Crippen LogP contribution in [0.4, 0.5) is 0 Å². The summed E-state index contributed by atoms with van der Waals surface area (Å²) < 4.78 is 5.95. The van der Waals surface area contributed by atoms with Gasteiger partial charge in [-0.3, -0.25) is 0 Å². The molecular formula is C13H26O2. The van der Waals surface area contributed by atoms with E-state index in [9.17, 15) is 5.11 Å². The van der Waals surface area contributed by atoms with Gasteiger partial charge in [0.05, 0.1) is 17.8 Å². The Morgan fingerprint density at radius 3 is 2.07 bits per heavy atom. The molecule has 0 aliphatic carbocycles. The number of rotatable bonds is 2. The fourth-order valence-electron chi connectivity index (χ4n) is 2.83. The van der Waals surface area contributed by atoms with E-state index in [1.54, 1.807) is 0 Å². The molecule has 0 aromatic heterocycles. The molecule has 15 heavy (non-hydrogen) atoms. The summed E-state index contributed by atoms with van der Waals surface area (Å²) in [5.41, 5.74) is -0.661. The summed E-state index contributed by atoms with van der Waals surface area (Å²) in [6.07, 6.45) is 1.21. The number of hydrogen-bond donors (Lipinski definition) is 1. The summed E-state index contributed by atoms with van der Waals surface area (Å²) in [6.45, 7) is 12.7. The zero-order chi connectivity index (χ0) is 11.8. The van der Waals surface area contributed by atoms with Crippen LogP contribution in [0.3, 0.4) is 0 Å². The summed E-state index contributed by atoms with van der Waals surface area (Å²) in [7, 11) is 0. The van der Waals surface area contributed by atoms with Gasteiger partial charge in [0.25, 0.3) is 0 Å². The lowest BCUT2D eigenvalue weighted by molar-refractivity contribution is -0.222. The Balaban J connectivity index is 2.81. The molecule has 0 saturated carbocycles. The van der Waals surface area contributed by atoms with Crippen molar-refractivity contribution < 1.29 is 9.84 Å². The molecular weight excluding hydrogens is 188 g/mol. The smallest absolute Gasteiger partial charge is 0.0954 e. The van der Waals surface area contributed by atoms with Gasteiger partial charge in [0.2, 0.25) is 0 Å². The first kappa shape index (κ1) is 13.0. The first-order valence-corrected chi connectivity index (χ1v) is 6.17. The molecule has 90 valence electrons. The summed E-state index contributed by atoms with van der Waals surface area (Å²) in [4.78, 5) is 0. The van der Waals surface area contributed by atoms with E-state index in [0.717, 1.165) is 6.42 Å².